The summed E-state index contributed by atoms with van der Waals surface area (Å²) in [5, 5.41) is 9.26. The van der Waals surface area contributed by atoms with E-state index in [4.69, 9.17) is 0 Å². The highest BCUT2D eigenvalue weighted by Crippen LogP contribution is 2.21. The summed E-state index contributed by atoms with van der Waals surface area (Å²) in [6.07, 6.45) is 7.19. The second kappa shape index (κ2) is 9.50. The number of rotatable bonds is 8. The molecule has 0 atom stereocenters. The predicted molar refractivity (Wildman–Crippen MR) is 136 cm³/mol. The Morgan fingerprint density at radius 3 is 1.29 bits per heavy atom. The molecule has 5 aromatic rings. The summed E-state index contributed by atoms with van der Waals surface area (Å²) in [6, 6.07) is 24.5. The van der Waals surface area contributed by atoms with Crippen LogP contribution in [0, 0.1) is 0 Å². The fraction of sp³-hybridized carbons (Fsp3) is 0.0714. The van der Waals surface area contributed by atoms with E-state index < -0.39 is 0 Å². The number of benzene rings is 3. The summed E-state index contributed by atoms with van der Waals surface area (Å²) < 4.78 is 3.69. The molecule has 0 aliphatic heterocycles. The molecular formula is C28H24N6. The quantitative estimate of drug-likeness (QED) is 0.313. The van der Waals surface area contributed by atoms with Gasteiger partial charge in [0.25, 0.3) is 0 Å². The molecule has 0 radical (unpaired) electrons. The predicted octanol–water partition coefficient (Wildman–Crippen LogP) is 5.59. The zero-order chi connectivity index (χ0) is 23.3. The van der Waals surface area contributed by atoms with E-state index in [9.17, 15) is 0 Å². The van der Waals surface area contributed by atoms with Crippen LogP contribution in [0.4, 0.5) is 0 Å². The summed E-state index contributed by atoms with van der Waals surface area (Å²) in [4.78, 5) is 8.95. The van der Waals surface area contributed by atoms with E-state index in [2.05, 4.69) is 57.6 Å². The molecule has 0 fully saturated rings. The van der Waals surface area contributed by atoms with Gasteiger partial charge in [-0.3, -0.25) is 0 Å². The third kappa shape index (κ3) is 4.76. The van der Waals surface area contributed by atoms with Crippen molar-refractivity contribution in [2.45, 2.75) is 13.1 Å². The molecule has 0 unspecified atom stereocenters. The average molecular weight is 445 g/mol. The molecule has 3 aromatic carbocycles. The molecule has 0 saturated carbocycles. The molecule has 5 rings (SSSR count). The van der Waals surface area contributed by atoms with Crippen LogP contribution in [0.5, 0.6) is 0 Å². The maximum absolute atomic E-state index is 4.63. The third-order valence-electron chi connectivity index (χ3n) is 5.59. The van der Waals surface area contributed by atoms with Crippen LogP contribution in [-0.4, -0.2) is 29.5 Å². The minimum Gasteiger partial charge on any atom is -0.248 e. The monoisotopic (exact) mass is 444 g/mol. The second-order valence-corrected chi connectivity index (χ2v) is 8.00. The van der Waals surface area contributed by atoms with Crippen molar-refractivity contribution in [3.8, 4) is 22.8 Å². The van der Waals surface area contributed by atoms with Crippen LogP contribution in [-0.2, 0) is 13.1 Å². The largest absolute Gasteiger partial charge is 0.248 e. The average Bonchev–Trinajstić information content (AvgIpc) is 3.55. The lowest BCUT2D eigenvalue weighted by molar-refractivity contribution is 0.686. The van der Waals surface area contributed by atoms with Gasteiger partial charge in [-0.1, -0.05) is 98.1 Å². The lowest BCUT2D eigenvalue weighted by Crippen LogP contribution is -2.00. The highest BCUT2D eigenvalue weighted by atomic mass is 15.3. The molecule has 0 aliphatic rings. The summed E-state index contributed by atoms with van der Waals surface area (Å²) in [7, 11) is 0. The Hall–Kier alpha value is -4.58. The van der Waals surface area contributed by atoms with Gasteiger partial charge in [0.05, 0.1) is 13.1 Å². The number of aromatic nitrogens is 6. The molecule has 0 bridgehead atoms. The topological polar surface area (TPSA) is 61.4 Å². The molecule has 0 aliphatic carbocycles. The first kappa shape index (κ1) is 21.3. The van der Waals surface area contributed by atoms with Crippen molar-refractivity contribution in [3.05, 3.63) is 121 Å². The minimum absolute atomic E-state index is 0.667. The SMILES string of the molecule is C=Cc1ccc(Cn2cnc(-c3ccc(-c4ncn(Cc5ccc(C=C)cc5)n4)cc3)n2)cc1. The van der Waals surface area contributed by atoms with E-state index in [1.54, 1.807) is 12.7 Å². The summed E-state index contributed by atoms with van der Waals surface area (Å²) in [5.74, 6) is 1.38. The van der Waals surface area contributed by atoms with Crippen molar-refractivity contribution in [2.75, 3.05) is 0 Å². The van der Waals surface area contributed by atoms with Gasteiger partial charge in [0.1, 0.15) is 12.7 Å². The van der Waals surface area contributed by atoms with E-state index in [0.717, 1.165) is 33.4 Å². The van der Waals surface area contributed by atoms with Gasteiger partial charge in [-0.05, 0) is 22.3 Å². The van der Waals surface area contributed by atoms with Crippen molar-refractivity contribution in [2.24, 2.45) is 0 Å². The minimum atomic E-state index is 0.667. The summed E-state index contributed by atoms with van der Waals surface area (Å²) >= 11 is 0. The molecule has 166 valence electrons. The Labute approximate surface area is 198 Å². The van der Waals surface area contributed by atoms with Crippen molar-refractivity contribution < 1.29 is 0 Å². The van der Waals surface area contributed by atoms with Gasteiger partial charge in [-0.15, -0.1) is 0 Å². The Bertz CT molecular complexity index is 1300. The van der Waals surface area contributed by atoms with Crippen LogP contribution in [0.15, 0.2) is 98.6 Å². The van der Waals surface area contributed by atoms with E-state index in [0.29, 0.717) is 24.7 Å². The molecule has 2 heterocycles. The molecule has 2 aromatic heterocycles. The number of hydrogen-bond donors (Lipinski definition) is 0. The Balaban J connectivity index is 1.26. The van der Waals surface area contributed by atoms with Gasteiger partial charge in [0.2, 0.25) is 0 Å². The van der Waals surface area contributed by atoms with Crippen molar-refractivity contribution in [1.29, 1.82) is 0 Å². The van der Waals surface area contributed by atoms with Crippen LogP contribution in [0.25, 0.3) is 34.9 Å². The normalized spacial score (nSPS) is 10.8. The van der Waals surface area contributed by atoms with Gasteiger partial charge in [0.15, 0.2) is 11.6 Å². The Morgan fingerprint density at radius 1 is 0.559 bits per heavy atom. The highest BCUT2D eigenvalue weighted by Gasteiger charge is 2.08. The van der Waals surface area contributed by atoms with Crippen LogP contribution >= 0.6 is 0 Å². The number of nitrogens with zero attached hydrogens (tertiary/aromatic N) is 6. The van der Waals surface area contributed by atoms with Gasteiger partial charge >= 0.3 is 0 Å². The third-order valence-corrected chi connectivity index (χ3v) is 5.59. The lowest BCUT2D eigenvalue weighted by atomic mass is 10.1. The first-order chi connectivity index (χ1) is 16.7. The zero-order valence-electron chi connectivity index (χ0n) is 18.7. The molecule has 34 heavy (non-hydrogen) atoms. The summed E-state index contributed by atoms with van der Waals surface area (Å²) in [6.45, 7) is 8.92. The molecule has 0 amide bonds. The molecule has 0 N–H and O–H groups in total. The van der Waals surface area contributed by atoms with Crippen LogP contribution < -0.4 is 0 Å². The molecule has 0 saturated heterocycles. The van der Waals surface area contributed by atoms with Crippen molar-refractivity contribution in [1.82, 2.24) is 29.5 Å². The van der Waals surface area contributed by atoms with E-state index >= 15 is 0 Å². The van der Waals surface area contributed by atoms with Gasteiger partial charge in [0, 0.05) is 11.1 Å². The maximum Gasteiger partial charge on any atom is 0.181 e. The first-order valence-corrected chi connectivity index (χ1v) is 11.0. The summed E-state index contributed by atoms with van der Waals surface area (Å²) in [5.41, 5.74) is 6.43. The standard InChI is InChI=1S/C28H24N6/c1-3-21-5-9-23(10-6-21)17-33-19-29-27(31-33)25-13-15-26(16-14-25)28-30-20-34(32-28)18-24-11-7-22(4-2)8-12-24/h3-16,19-20H,1-2,17-18H2. The fourth-order valence-electron chi connectivity index (χ4n) is 3.67. The van der Waals surface area contributed by atoms with E-state index in [1.165, 1.54) is 0 Å². The first-order valence-electron chi connectivity index (χ1n) is 11.0. The van der Waals surface area contributed by atoms with E-state index in [-0.39, 0.29) is 0 Å². The van der Waals surface area contributed by atoms with Gasteiger partial charge in [-0.25, -0.2) is 19.3 Å². The van der Waals surface area contributed by atoms with E-state index in [1.807, 2.05) is 70.0 Å². The van der Waals surface area contributed by atoms with Crippen molar-refractivity contribution in [3.63, 3.8) is 0 Å². The second-order valence-electron chi connectivity index (χ2n) is 8.00. The highest BCUT2D eigenvalue weighted by molar-refractivity contribution is 5.62. The number of hydrogen-bond acceptors (Lipinski definition) is 4. The lowest BCUT2D eigenvalue weighted by Gasteiger charge is -2.02. The van der Waals surface area contributed by atoms with Gasteiger partial charge < -0.3 is 0 Å². The van der Waals surface area contributed by atoms with Gasteiger partial charge in [-0.2, -0.15) is 10.2 Å². The Morgan fingerprint density at radius 2 is 0.941 bits per heavy atom. The molecule has 6 nitrogen and oxygen atoms in total. The van der Waals surface area contributed by atoms with Crippen LogP contribution in [0.1, 0.15) is 22.3 Å². The molecule has 0 spiro atoms. The molecular weight excluding hydrogens is 420 g/mol. The molecule has 6 heteroatoms. The van der Waals surface area contributed by atoms with Crippen molar-refractivity contribution >= 4 is 12.2 Å². The fourth-order valence-corrected chi connectivity index (χ4v) is 3.67. The maximum atomic E-state index is 4.63. The smallest absolute Gasteiger partial charge is 0.181 e. The Kier molecular flexibility index (Phi) is 5.95. The van der Waals surface area contributed by atoms with Crippen LogP contribution in [0.2, 0.25) is 0 Å². The van der Waals surface area contributed by atoms with Crippen LogP contribution in [0.3, 0.4) is 0 Å². The zero-order valence-corrected chi connectivity index (χ0v) is 18.7.